The molecular formula is C36H24O. The lowest BCUT2D eigenvalue weighted by Crippen LogP contribution is -1.85. The zero-order chi connectivity index (χ0) is 24.6. The summed E-state index contributed by atoms with van der Waals surface area (Å²) >= 11 is 0. The Labute approximate surface area is 216 Å². The summed E-state index contributed by atoms with van der Waals surface area (Å²) in [5, 5.41) is 4.71. The zero-order valence-corrected chi connectivity index (χ0v) is 20.3. The van der Waals surface area contributed by atoms with Gasteiger partial charge in [0.05, 0.1) is 0 Å². The molecule has 0 radical (unpaired) electrons. The normalized spacial score (nSPS) is 11.2. The van der Waals surface area contributed by atoms with Crippen molar-refractivity contribution in [1.82, 2.24) is 0 Å². The molecule has 0 bridgehead atoms. The van der Waals surface area contributed by atoms with Gasteiger partial charge in [-0.2, -0.15) is 0 Å². The van der Waals surface area contributed by atoms with Gasteiger partial charge < -0.3 is 4.42 Å². The van der Waals surface area contributed by atoms with Crippen molar-refractivity contribution in [3.63, 3.8) is 0 Å². The first-order chi connectivity index (χ1) is 18.4. The molecule has 0 saturated carbocycles. The molecular weight excluding hydrogens is 448 g/mol. The van der Waals surface area contributed by atoms with Crippen LogP contribution in [-0.2, 0) is 0 Å². The van der Waals surface area contributed by atoms with Gasteiger partial charge in [0.2, 0.25) is 0 Å². The average molecular weight is 473 g/mol. The van der Waals surface area contributed by atoms with E-state index in [0.29, 0.717) is 0 Å². The van der Waals surface area contributed by atoms with Crippen LogP contribution < -0.4 is 0 Å². The Morgan fingerprint density at radius 2 is 0.811 bits per heavy atom. The molecule has 0 spiro atoms. The third-order valence-corrected chi connectivity index (χ3v) is 7.11. The molecule has 1 aromatic heterocycles. The fourth-order valence-corrected chi connectivity index (χ4v) is 5.33. The molecule has 1 nitrogen and oxygen atoms in total. The molecule has 0 aliphatic heterocycles. The molecule has 1 heterocycles. The number of benzene rings is 6. The highest BCUT2D eigenvalue weighted by molar-refractivity contribution is 6.06. The zero-order valence-electron chi connectivity index (χ0n) is 20.3. The third kappa shape index (κ3) is 3.73. The summed E-state index contributed by atoms with van der Waals surface area (Å²) in [6.07, 6.45) is 0. The van der Waals surface area contributed by atoms with E-state index in [4.69, 9.17) is 4.42 Å². The summed E-state index contributed by atoms with van der Waals surface area (Å²) in [7, 11) is 0. The van der Waals surface area contributed by atoms with E-state index in [0.717, 1.165) is 44.5 Å². The summed E-state index contributed by atoms with van der Waals surface area (Å²) in [6.45, 7) is 0. The molecule has 0 fully saturated rings. The van der Waals surface area contributed by atoms with E-state index < -0.39 is 0 Å². The smallest absolute Gasteiger partial charge is 0.143 e. The van der Waals surface area contributed by atoms with Crippen LogP contribution in [0, 0.1) is 0 Å². The topological polar surface area (TPSA) is 13.1 Å². The highest BCUT2D eigenvalue weighted by Gasteiger charge is 2.20. The monoisotopic (exact) mass is 472 g/mol. The molecule has 0 unspecified atom stereocenters. The second-order valence-electron chi connectivity index (χ2n) is 9.33. The van der Waals surface area contributed by atoms with Gasteiger partial charge in [0, 0.05) is 21.9 Å². The quantitative estimate of drug-likeness (QED) is 0.248. The summed E-state index contributed by atoms with van der Waals surface area (Å²) in [4.78, 5) is 0. The molecule has 0 N–H and O–H groups in total. The summed E-state index contributed by atoms with van der Waals surface area (Å²) in [5.74, 6) is 1.80. The first-order valence-electron chi connectivity index (χ1n) is 12.6. The maximum Gasteiger partial charge on any atom is 0.143 e. The van der Waals surface area contributed by atoms with Crippen LogP contribution in [0.25, 0.3) is 66.4 Å². The fourth-order valence-electron chi connectivity index (χ4n) is 5.33. The van der Waals surface area contributed by atoms with Crippen molar-refractivity contribution in [2.75, 3.05) is 0 Å². The Balaban J connectivity index is 1.46. The van der Waals surface area contributed by atoms with Gasteiger partial charge in [-0.1, -0.05) is 140 Å². The van der Waals surface area contributed by atoms with Crippen LogP contribution >= 0.6 is 0 Å². The molecule has 0 amide bonds. The molecule has 37 heavy (non-hydrogen) atoms. The van der Waals surface area contributed by atoms with Crippen LogP contribution in [-0.4, -0.2) is 0 Å². The first kappa shape index (κ1) is 21.4. The van der Waals surface area contributed by atoms with E-state index >= 15 is 0 Å². The lowest BCUT2D eigenvalue weighted by molar-refractivity contribution is 0.602. The van der Waals surface area contributed by atoms with Crippen molar-refractivity contribution < 1.29 is 4.42 Å². The van der Waals surface area contributed by atoms with Crippen molar-refractivity contribution in [3.8, 4) is 44.9 Å². The standard InChI is InChI=1S/C36H24O/c1-2-13-26(14-3-1)29-16-6-8-18-31(29)35-33-20-10-11-21-34(33)36(37-35)32-19-9-7-17-30(32)28-23-22-25-12-4-5-15-27(25)24-28/h1-24H. The van der Waals surface area contributed by atoms with Gasteiger partial charge >= 0.3 is 0 Å². The molecule has 7 aromatic rings. The fraction of sp³-hybridized carbons (Fsp3) is 0. The van der Waals surface area contributed by atoms with Crippen LogP contribution in [0.1, 0.15) is 0 Å². The van der Waals surface area contributed by atoms with Crippen molar-refractivity contribution in [1.29, 1.82) is 0 Å². The van der Waals surface area contributed by atoms with E-state index in [-0.39, 0.29) is 0 Å². The van der Waals surface area contributed by atoms with E-state index in [9.17, 15) is 0 Å². The Kier molecular flexibility index (Phi) is 5.19. The summed E-state index contributed by atoms with van der Waals surface area (Å²) in [5.41, 5.74) is 6.88. The number of rotatable bonds is 4. The van der Waals surface area contributed by atoms with E-state index in [1.807, 2.05) is 0 Å². The second kappa shape index (κ2) is 8.96. The lowest BCUT2D eigenvalue weighted by Gasteiger charge is -2.10. The van der Waals surface area contributed by atoms with Crippen LogP contribution in [0.15, 0.2) is 150 Å². The van der Waals surface area contributed by atoms with Gasteiger partial charge in [0.1, 0.15) is 11.5 Å². The van der Waals surface area contributed by atoms with Crippen LogP contribution in [0.3, 0.4) is 0 Å². The highest BCUT2D eigenvalue weighted by atomic mass is 16.3. The minimum absolute atomic E-state index is 0.900. The highest BCUT2D eigenvalue weighted by Crippen LogP contribution is 2.44. The van der Waals surface area contributed by atoms with Gasteiger partial charge in [0.25, 0.3) is 0 Å². The second-order valence-corrected chi connectivity index (χ2v) is 9.33. The first-order valence-corrected chi connectivity index (χ1v) is 12.6. The number of hydrogen-bond acceptors (Lipinski definition) is 1. The van der Waals surface area contributed by atoms with Crippen LogP contribution in [0.2, 0.25) is 0 Å². The van der Waals surface area contributed by atoms with E-state index in [1.54, 1.807) is 0 Å². The molecule has 174 valence electrons. The maximum absolute atomic E-state index is 6.85. The summed E-state index contributed by atoms with van der Waals surface area (Å²) < 4.78 is 6.85. The van der Waals surface area contributed by atoms with Crippen molar-refractivity contribution >= 4 is 21.5 Å². The molecule has 0 aliphatic rings. The van der Waals surface area contributed by atoms with Gasteiger partial charge in [-0.15, -0.1) is 0 Å². The Morgan fingerprint density at radius 3 is 1.46 bits per heavy atom. The molecule has 0 atom stereocenters. The van der Waals surface area contributed by atoms with E-state index in [1.165, 1.54) is 21.9 Å². The molecule has 0 aliphatic carbocycles. The third-order valence-electron chi connectivity index (χ3n) is 7.11. The van der Waals surface area contributed by atoms with E-state index in [2.05, 4.69) is 146 Å². The minimum atomic E-state index is 0.900. The van der Waals surface area contributed by atoms with Gasteiger partial charge in [0.15, 0.2) is 0 Å². The largest absolute Gasteiger partial charge is 0.455 e. The predicted molar refractivity (Wildman–Crippen MR) is 155 cm³/mol. The van der Waals surface area contributed by atoms with Gasteiger partial charge in [-0.3, -0.25) is 0 Å². The van der Waals surface area contributed by atoms with Crippen LogP contribution in [0.4, 0.5) is 0 Å². The van der Waals surface area contributed by atoms with Crippen LogP contribution in [0.5, 0.6) is 0 Å². The molecule has 6 aromatic carbocycles. The maximum atomic E-state index is 6.85. The molecule has 7 rings (SSSR count). The number of hydrogen-bond donors (Lipinski definition) is 0. The molecule has 1 heteroatoms. The number of furan rings is 1. The van der Waals surface area contributed by atoms with Gasteiger partial charge in [-0.25, -0.2) is 0 Å². The number of fused-ring (bicyclic) bond motifs is 2. The Bertz CT molecular complexity index is 1870. The lowest BCUT2D eigenvalue weighted by atomic mass is 9.94. The molecule has 0 saturated heterocycles. The van der Waals surface area contributed by atoms with Crippen molar-refractivity contribution in [3.05, 3.63) is 146 Å². The Morgan fingerprint density at radius 1 is 0.324 bits per heavy atom. The van der Waals surface area contributed by atoms with Crippen molar-refractivity contribution in [2.45, 2.75) is 0 Å². The SMILES string of the molecule is c1ccc(-c2ccccc2-c2oc(-c3ccccc3-c3ccc4ccccc4c3)c3ccccc23)cc1. The van der Waals surface area contributed by atoms with Gasteiger partial charge in [-0.05, 0) is 39.1 Å². The minimum Gasteiger partial charge on any atom is -0.455 e. The summed E-state index contributed by atoms with van der Waals surface area (Å²) in [6, 6.07) is 51.3. The predicted octanol–water partition coefficient (Wildman–Crippen LogP) is 10.3. The Hall–Kier alpha value is -4.88. The average Bonchev–Trinajstić information content (AvgIpc) is 3.37. The van der Waals surface area contributed by atoms with Crippen molar-refractivity contribution in [2.24, 2.45) is 0 Å².